The lowest BCUT2D eigenvalue weighted by Crippen LogP contribution is -2.00. The van der Waals surface area contributed by atoms with E-state index in [1.165, 1.54) is 16.7 Å². The zero-order valence-corrected chi connectivity index (χ0v) is 25.3. The Kier molecular flexibility index (Phi) is 6.43. The molecule has 0 N–H and O–H groups in total. The van der Waals surface area contributed by atoms with Crippen LogP contribution in [-0.4, -0.2) is 15.0 Å². The topological polar surface area (TPSA) is 47.9 Å². The van der Waals surface area contributed by atoms with Crippen LogP contribution in [0.1, 0.15) is 0 Å². The Bertz CT molecular complexity index is 2370. The van der Waals surface area contributed by atoms with E-state index >= 15 is 0 Å². The van der Waals surface area contributed by atoms with Crippen LogP contribution in [0.2, 0.25) is 0 Å². The molecule has 0 radical (unpaired) electrons. The van der Waals surface area contributed by atoms with E-state index in [9.17, 15) is 0 Å². The van der Waals surface area contributed by atoms with Crippen molar-refractivity contribution in [2.45, 2.75) is 0 Å². The quantitative estimate of drug-likeness (QED) is 0.197. The van der Waals surface area contributed by atoms with E-state index in [0.29, 0.717) is 17.5 Å². The maximum Gasteiger partial charge on any atom is 0.164 e. The van der Waals surface area contributed by atoms with Gasteiger partial charge in [-0.1, -0.05) is 140 Å². The van der Waals surface area contributed by atoms with Gasteiger partial charge in [-0.25, -0.2) is 15.0 Å². The molecule has 8 aromatic rings. The van der Waals surface area contributed by atoms with Crippen molar-refractivity contribution in [3.05, 3.63) is 164 Å². The Morgan fingerprint density at radius 3 is 1.55 bits per heavy atom. The number of hydrogen-bond acceptors (Lipinski definition) is 4. The lowest BCUT2D eigenvalue weighted by Gasteiger charge is -2.23. The fourth-order valence-corrected chi connectivity index (χ4v) is 6.46. The molecule has 0 saturated carbocycles. The summed E-state index contributed by atoms with van der Waals surface area (Å²) >= 11 is 0. The Morgan fingerprint density at radius 1 is 0.319 bits per heavy atom. The number of benzene rings is 7. The van der Waals surface area contributed by atoms with Gasteiger partial charge in [0.25, 0.3) is 0 Å². The van der Waals surface area contributed by atoms with Crippen molar-refractivity contribution >= 4 is 10.8 Å². The van der Waals surface area contributed by atoms with Crippen LogP contribution in [0, 0.1) is 0 Å². The molecule has 7 aromatic carbocycles. The van der Waals surface area contributed by atoms with Gasteiger partial charge >= 0.3 is 0 Å². The van der Waals surface area contributed by atoms with Gasteiger partial charge in [0.15, 0.2) is 17.5 Å². The number of nitrogens with zero attached hydrogens (tertiary/aromatic N) is 3. The molecule has 2 heterocycles. The van der Waals surface area contributed by atoms with Gasteiger partial charge < -0.3 is 4.74 Å². The second-order valence-corrected chi connectivity index (χ2v) is 11.6. The van der Waals surface area contributed by atoms with Crippen LogP contribution in [0.25, 0.3) is 78.3 Å². The van der Waals surface area contributed by atoms with Crippen LogP contribution in [0.3, 0.4) is 0 Å². The average Bonchev–Trinajstić information content (AvgIpc) is 3.16. The van der Waals surface area contributed by atoms with Gasteiger partial charge in [0.1, 0.15) is 11.5 Å². The molecule has 0 bridgehead atoms. The molecule has 47 heavy (non-hydrogen) atoms. The summed E-state index contributed by atoms with van der Waals surface area (Å²) in [6, 6.07) is 56.3. The van der Waals surface area contributed by atoms with E-state index in [1.807, 2.05) is 66.7 Å². The molecule has 220 valence electrons. The molecule has 1 aliphatic rings. The lowest BCUT2D eigenvalue weighted by molar-refractivity contribution is 0.487. The molecule has 0 atom stereocenters. The number of rotatable bonds is 5. The van der Waals surface area contributed by atoms with Crippen LogP contribution < -0.4 is 4.74 Å². The molecule has 1 aliphatic heterocycles. The summed E-state index contributed by atoms with van der Waals surface area (Å²) in [4.78, 5) is 14.8. The third kappa shape index (κ3) is 4.84. The molecule has 0 fully saturated rings. The number of ether oxygens (including phenoxy) is 1. The standard InChI is InChI=1S/C43H27N3O/c1-4-12-28(13-5-1)31-22-24-38-37(27-31)36-21-11-20-35-34(23-25-39(47-38)40(35)36)32-18-10-19-33(26-32)43-45-41(29-14-6-2-7-15-29)44-42(46-43)30-16-8-3-9-17-30/h1-27H. The highest BCUT2D eigenvalue weighted by Crippen LogP contribution is 2.49. The van der Waals surface area contributed by atoms with Crippen molar-refractivity contribution in [3.63, 3.8) is 0 Å². The van der Waals surface area contributed by atoms with Gasteiger partial charge in [-0.05, 0) is 57.5 Å². The molecule has 0 saturated heterocycles. The molecule has 4 heteroatoms. The summed E-state index contributed by atoms with van der Waals surface area (Å²) in [5.41, 5.74) is 9.65. The molecule has 0 spiro atoms. The van der Waals surface area contributed by atoms with Crippen LogP contribution in [0.4, 0.5) is 0 Å². The summed E-state index contributed by atoms with van der Waals surface area (Å²) in [6.45, 7) is 0. The van der Waals surface area contributed by atoms with E-state index in [-0.39, 0.29) is 0 Å². The second kappa shape index (κ2) is 11.2. The number of hydrogen-bond donors (Lipinski definition) is 0. The van der Waals surface area contributed by atoms with Crippen molar-refractivity contribution < 1.29 is 4.74 Å². The predicted octanol–water partition coefficient (Wildman–Crippen LogP) is 11.1. The van der Waals surface area contributed by atoms with Gasteiger partial charge in [-0.15, -0.1) is 0 Å². The van der Waals surface area contributed by atoms with Crippen molar-refractivity contribution in [2.75, 3.05) is 0 Å². The Labute approximate surface area is 272 Å². The smallest absolute Gasteiger partial charge is 0.164 e. The molecule has 9 rings (SSSR count). The van der Waals surface area contributed by atoms with Crippen LogP contribution in [-0.2, 0) is 0 Å². The van der Waals surface area contributed by atoms with Gasteiger partial charge in [0, 0.05) is 27.6 Å². The summed E-state index contributed by atoms with van der Waals surface area (Å²) < 4.78 is 6.51. The first-order valence-corrected chi connectivity index (χ1v) is 15.7. The molecular weight excluding hydrogens is 574 g/mol. The molecular formula is C43H27N3O. The maximum atomic E-state index is 6.51. The third-order valence-electron chi connectivity index (χ3n) is 8.73. The summed E-state index contributed by atoms with van der Waals surface area (Å²) in [5, 5.41) is 2.25. The fraction of sp³-hybridized carbons (Fsp3) is 0. The minimum atomic E-state index is 0.632. The Balaban J connectivity index is 1.17. The van der Waals surface area contributed by atoms with Crippen LogP contribution >= 0.6 is 0 Å². The molecule has 0 aliphatic carbocycles. The minimum Gasteiger partial charge on any atom is -0.456 e. The highest BCUT2D eigenvalue weighted by Gasteiger charge is 2.22. The maximum absolute atomic E-state index is 6.51. The highest BCUT2D eigenvalue weighted by atomic mass is 16.5. The summed E-state index contributed by atoms with van der Waals surface area (Å²) in [5.74, 6) is 3.66. The normalized spacial score (nSPS) is 11.6. The first-order chi connectivity index (χ1) is 23.3. The van der Waals surface area contributed by atoms with Gasteiger partial charge in [-0.3, -0.25) is 0 Å². The predicted molar refractivity (Wildman–Crippen MR) is 190 cm³/mol. The monoisotopic (exact) mass is 601 g/mol. The van der Waals surface area contributed by atoms with E-state index in [4.69, 9.17) is 19.7 Å². The second-order valence-electron chi connectivity index (χ2n) is 11.6. The molecule has 4 nitrogen and oxygen atoms in total. The number of fused-ring (bicyclic) bond motifs is 2. The van der Waals surface area contributed by atoms with E-state index in [1.54, 1.807) is 0 Å². The van der Waals surface area contributed by atoms with Crippen LogP contribution in [0.15, 0.2) is 164 Å². The van der Waals surface area contributed by atoms with Crippen molar-refractivity contribution in [1.82, 2.24) is 15.0 Å². The SMILES string of the molecule is c1ccc(-c2ccc3c(c2)-c2cccc4c(-c5cccc(-c6nc(-c7ccccc7)nc(-c7ccccc7)n6)c5)ccc(c24)O3)cc1. The average molecular weight is 602 g/mol. The van der Waals surface area contributed by atoms with E-state index in [0.717, 1.165) is 55.7 Å². The molecule has 0 unspecified atom stereocenters. The summed E-state index contributed by atoms with van der Waals surface area (Å²) in [7, 11) is 0. The first kappa shape index (κ1) is 27.0. The summed E-state index contributed by atoms with van der Waals surface area (Å²) in [6.07, 6.45) is 0. The highest BCUT2D eigenvalue weighted by molar-refractivity contribution is 6.10. The Morgan fingerprint density at radius 2 is 0.872 bits per heavy atom. The van der Waals surface area contributed by atoms with Crippen molar-refractivity contribution in [1.29, 1.82) is 0 Å². The van der Waals surface area contributed by atoms with Crippen molar-refractivity contribution in [2.24, 2.45) is 0 Å². The molecule has 0 amide bonds. The third-order valence-corrected chi connectivity index (χ3v) is 8.73. The fourth-order valence-electron chi connectivity index (χ4n) is 6.46. The zero-order valence-electron chi connectivity index (χ0n) is 25.3. The van der Waals surface area contributed by atoms with Crippen LogP contribution in [0.5, 0.6) is 11.5 Å². The number of aromatic nitrogens is 3. The largest absolute Gasteiger partial charge is 0.456 e. The van der Waals surface area contributed by atoms with E-state index in [2.05, 4.69) is 97.1 Å². The Hall–Kier alpha value is -6.39. The van der Waals surface area contributed by atoms with E-state index < -0.39 is 0 Å². The van der Waals surface area contributed by atoms with Gasteiger partial charge in [0.05, 0.1) is 0 Å². The first-order valence-electron chi connectivity index (χ1n) is 15.7. The van der Waals surface area contributed by atoms with Gasteiger partial charge in [0.2, 0.25) is 0 Å². The molecule has 1 aromatic heterocycles. The van der Waals surface area contributed by atoms with Crippen molar-refractivity contribution in [3.8, 4) is 79.0 Å². The lowest BCUT2D eigenvalue weighted by atomic mass is 9.89. The zero-order chi connectivity index (χ0) is 31.2. The van der Waals surface area contributed by atoms with Gasteiger partial charge in [-0.2, -0.15) is 0 Å². The minimum absolute atomic E-state index is 0.632.